The number of anilines is 1. The van der Waals surface area contributed by atoms with Crippen LogP contribution in [0.15, 0.2) is 18.2 Å². The summed E-state index contributed by atoms with van der Waals surface area (Å²) < 4.78 is 5.20. The summed E-state index contributed by atoms with van der Waals surface area (Å²) in [7, 11) is 3.55. The van der Waals surface area contributed by atoms with Gasteiger partial charge in [-0.05, 0) is 44.8 Å². The third-order valence-corrected chi connectivity index (χ3v) is 4.14. The van der Waals surface area contributed by atoms with Crippen LogP contribution >= 0.6 is 0 Å². The highest BCUT2D eigenvalue weighted by Crippen LogP contribution is 2.34. The molecule has 1 aromatic rings. The summed E-state index contributed by atoms with van der Waals surface area (Å²) in [6.07, 6.45) is 3.33. The van der Waals surface area contributed by atoms with E-state index in [0.29, 0.717) is 17.4 Å². The lowest BCUT2D eigenvalue weighted by Gasteiger charge is -2.33. The van der Waals surface area contributed by atoms with Crippen molar-refractivity contribution in [2.45, 2.75) is 19.3 Å². The molecule has 1 N–H and O–H groups in total. The van der Waals surface area contributed by atoms with E-state index in [9.17, 15) is 10.1 Å². The topological polar surface area (TPSA) is 67.6 Å². The van der Waals surface area contributed by atoms with Gasteiger partial charge in [-0.2, -0.15) is 0 Å². The second-order valence-corrected chi connectivity index (χ2v) is 5.43. The number of nitrogens with zero attached hydrogens (tertiary/aromatic N) is 2. The number of nitro groups is 1. The number of methoxy groups -OCH3 is 1. The van der Waals surface area contributed by atoms with Crippen LogP contribution in [0.1, 0.15) is 19.3 Å². The van der Waals surface area contributed by atoms with Crippen molar-refractivity contribution < 1.29 is 9.66 Å². The zero-order valence-electron chi connectivity index (χ0n) is 12.7. The van der Waals surface area contributed by atoms with Gasteiger partial charge in [-0.3, -0.25) is 10.1 Å². The Balaban J connectivity index is 2.09. The largest absolute Gasteiger partial charge is 0.497 e. The van der Waals surface area contributed by atoms with Gasteiger partial charge in [-0.1, -0.05) is 0 Å². The zero-order valence-corrected chi connectivity index (χ0v) is 12.7. The summed E-state index contributed by atoms with van der Waals surface area (Å²) in [5.41, 5.74) is 0.830. The van der Waals surface area contributed by atoms with Gasteiger partial charge in [0.05, 0.1) is 12.0 Å². The highest BCUT2D eigenvalue weighted by molar-refractivity contribution is 5.66. The third-order valence-electron chi connectivity index (χ3n) is 4.14. The predicted molar refractivity (Wildman–Crippen MR) is 83.1 cm³/mol. The second-order valence-electron chi connectivity index (χ2n) is 5.43. The highest BCUT2D eigenvalue weighted by atomic mass is 16.6. The number of nitro benzene ring substituents is 1. The first-order valence-electron chi connectivity index (χ1n) is 7.37. The lowest BCUT2D eigenvalue weighted by atomic mass is 9.93. The first kappa shape index (κ1) is 15.6. The van der Waals surface area contributed by atoms with E-state index in [1.165, 1.54) is 12.5 Å². The molecule has 1 aliphatic rings. The van der Waals surface area contributed by atoms with Crippen molar-refractivity contribution in [3.05, 3.63) is 28.3 Å². The smallest absolute Gasteiger partial charge is 0.292 e. The minimum Gasteiger partial charge on any atom is -0.497 e. The van der Waals surface area contributed by atoms with Crippen molar-refractivity contribution in [2.24, 2.45) is 5.92 Å². The summed E-state index contributed by atoms with van der Waals surface area (Å²) in [5.74, 6) is 1.37. The molecule has 0 radical (unpaired) electrons. The molecule has 0 atom stereocenters. The van der Waals surface area contributed by atoms with Gasteiger partial charge in [0.2, 0.25) is 0 Å². The minimum atomic E-state index is -0.318. The van der Waals surface area contributed by atoms with E-state index in [0.717, 1.165) is 32.5 Å². The molecule has 21 heavy (non-hydrogen) atoms. The van der Waals surface area contributed by atoms with Crippen molar-refractivity contribution in [2.75, 3.05) is 38.7 Å². The quantitative estimate of drug-likeness (QED) is 0.644. The molecular weight excluding hydrogens is 270 g/mol. The SMILES string of the molecule is CNCCC1CCN(c2cc(OC)ccc2[N+](=O)[O-])CC1. The van der Waals surface area contributed by atoms with Crippen LogP contribution in [0.5, 0.6) is 5.75 Å². The van der Waals surface area contributed by atoms with E-state index in [1.807, 2.05) is 7.05 Å². The number of hydrogen-bond donors (Lipinski definition) is 1. The third kappa shape index (κ3) is 3.85. The van der Waals surface area contributed by atoms with E-state index >= 15 is 0 Å². The Morgan fingerprint density at radius 3 is 2.71 bits per heavy atom. The Kier molecular flexibility index (Phi) is 5.38. The summed E-state index contributed by atoms with van der Waals surface area (Å²) in [5, 5.41) is 14.4. The Bertz CT molecular complexity index is 485. The molecule has 6 heteroatoms. The van der Waals surface area contributed by atoms with Crippen LogP contribution in [-0.4, -0.2) is 38.7 Å². The number of ether oxygens (including phenoxy) is 1. The Hall–Kier alpha value is -1.82. The number of hydrogen-bond acceptors (Lipinski definition) is 5. The fourth-order valence-corrected chi connectivity index (χ4v) is 2.85. The minimum absolute atomic E-state index is 0.157. The van der Waals surface area contributed by atoms with Gasteiger partial charge < -0.3 is 15.0 Å². The number of piperidine rings is 1. The Morgan fingerprint density at radius 2 is 2.14 bits per heavy atom. The molecule has 1 heterocycles. The van der Waals surface area contributed by atoms with Crippen LogP contribution in [0, 0.1) is 16.0 Å². The molecule has 1 aliphatic heterocycles. The van der Waals surface area contributed by atoms with E-state index in [1.54, 1.807) is 19.2 Å². The van der Waals surface area contributed by atoms with Gasteiger partial charge in [-0.25, -0.2) is 0 Å². The fraction of sp³-hybridized carbons (Fsp3) is 0.600. The predicted octanol–water partition coefficient (Wildman–Crippen LogP) is 2.43. The molecule has 1 saturated heterocycles. The van der Waals surface area contributed by atoms with Gasteiger partial charge in [0.25, 0.3) is 5.69 Å². The molecule has 1 fully saturated rings. The molecule has 116 valence electrons. The van der Waals surface area contributed by atoms with Crippen molar-refractivity contribution >= 4 is 11.4 Å². The fourth-order valence-electron chi connectivity index (χ4n) is 2.85. The van der Waals surface area contributed by atoms with E-state index in [2.05, 4.69) is 10.2 Å². The zero-order chi connectivity index (χ0) is 15.2. The molecule has 0 aliphatic carbocycles. The van der Waals surface area contributed by atoms with Crippen LogP contribution in [0.4, 0.5) is 11.4 Å². The lowest BCUT2D eigenvalue weighted by molar-refractivity contribution is -0.384. The normalized spacial score (nSPS) is 16.0. The van der Waals surface area contributed by atoms with Gasteiger partial charge in [0, 0.05) is 25.2 Å². The van der Waals surface area contributed by atoms with Gasteiger partial charge >= 0.3 is 0 Å². The molecule has 0 amide bonds. The van der Waals surface area contributed by atoms with Crippen LogP contribution in [0.2, 0.25) is 0 Å². The number of rotatable bonds is 6. The monoisotopic (exact) mass is 293 g/mol. The standard InChI is InChI=1S/C15H23N3O3/c1-16-8-5-12-6-9-17(10-7-12)15-11-13(21-2)3-4-14(15)18(19)20/h3-4,11-12,16H,5-10H2,1-2H3. The van der Waals surface area contributed by atoms with Crippen LogP contribution in [0.3, 0.4) is 0 Å². The van der Waals surface area contributed by atoms with Crippen molar-refractivity contribution in [3.8, 4) is 5.75 Å². The summed E-state index contributed by atoms with van der Waals surface area (Å²) >= 11 is 0. The maximum absolute atomic E-state index is 11.2. The Morgan fingerprint density at radius 1 is 1.43 bits per heavy atom. The van der Waals surface area contributed by atoms with Crippen LogP contribution in [0.25, 0.3) is 0 Å². The van der Waals surface area contributed by atoms with Crippen LogP contribution in [-0.2, 0) is 0 Å². The maximum Gasteiger partial charge on any atom is 0.292 e. The Labute approximate surface area is 125 Å². The van der Waals surface area contributed by atoms with E-state index < -0.39 is 0 Å². The van der Waals surface area contributed by atoms with Crippen molar-refractivity contribution in [3.63, 3.8) is 0 Å². The first-order valence-corrected chi connectivity index (χ1v) is 7.37. The number of benzene rings is 1. The molecule has 2 rings (SSSR count). The molecule has 0 spiro atoms. The molecule has 0 unspecified atom stereocenters. The molecular formula is C15H23N3O3. The van der Waals surface area contributed by atoms with Gasteiger partial charge in [0.1, 0.15) is 11.4 Å². The van der Waals surface area contributed by atoms with Gasteiger partial charge in [-0.15, -0.1) is 0 Å². The second kappa shape index (κ2) is 7.26. The maximum atomic E-state index is 11.2. The van der Waals surface area contributed by atoms with Crippen LogP contribution < -0.4 is 15.0 Å². The summed E-state index contributed by atoms with van der Waals surface area (Å²) in [6.45, 7) is 2.76. The molecule has 6 nitrogen and oxygen atoms in total. The molecule has 0 aromatic heterocycles. The van der Waals surface area contributed by atoms with E-state index in [-0.39, 0.29) is 10.6 Å². The molecule has 1 aromatic carbocycles. The summed E-state index contributed by atoms with van der Waals surface area (Å²) in [6, 6.07) is 4.94. The number of nitrogens with one attached hydrogen (secondary N) is 1. The first-order chi connectivity index (χ1) is 10.2. The average Bonchev–Trinajstić information content (AvgIpc) is 2.52. The van der Waals surface area contributed by atoms with Crippen molar-refractivity contribution in [1.82, 2.24) is 5.32 Å². The molecule has 0 bridgehead atoms. The van der Waals surface area contributed by atoms with Gasteiger partial charge in [0.15, 0.2) is 0 Å². The molecule has 0 saturated carbocycles. The summed E-state index contributed by atoms with van der Waals surface area (Å²) in [4.78, 5) is 13.0. The highest BCUT2D eigenvalue weighted by Gasteiger charge is 2.25. The van der Waals surface area contributed by atoms with E-state index in [4.69, 9.17) is 4.74 Å². The average molecular weight is 293 g/mol. The lowest BCUT2D eigenvalue weighted by Crippen LogP contribution is -2.34. The van der Waals surface area contributed by atoms with Crippen molar-refractivity contribution in [1.29, 1.82) is 0 Å².